The molecule has 3 rings (SSSR count). The highest BCUT2D eigenvalue weighted by atomic mass is 15.1. The molecule has 0 aliphatic carbocycles. The largest absolute Gasteiger partial charge is 0.326 e. The smallest absolute Gasteiger partial charge is 0.142 e. The minimum atomic E-state index is 0.538. The van der Waals surface area contributed by atoms with Crippen LogP contribution in [-0.4, -0.2) is 14.5 Å². The van der Waals surface area contributed by atoms with Gasteiger partial charge in [-0.3, -0.25) is 4.98 Å². The molecule has 0 radical (unpaired) electrons. The minimum Gasteiger partial charge on any atom is -0.326 e. The van der Waals surface area contributed by atoms with Crippen LogP contribution in [0, 0.1) is 6.92 Å². The number of aromatic nitrogens is 3. The first-order valence-corrected chi connectivity index (χ1v) is 6.85. The maximum Gasteiger partial charge on any atom is 0.142 e. The van der Waals surface area contributed by atoms with Gasteiger partial charge in [-0.05, 0) is 43.7 Å². The number of pyridine rings is 1. The molecule has 0 unspecified atom stereocenters. The first kappa shape index (κ1) is 12.8. The van der Waals surface area contributed by atoms with E-state index in [4.69, 9.17) is 10.7 Å². The fourth-order valence-corrected chi connectivity index (χ4v) is 2.44. The molecule has 2 aromatic heterocycles. The highest BCUT2D eigenvalue weighted by Gasteiger charge is 2.11. The van der Waals surface area contributed by atoms with Crippen molar-refractivity contribution >= 4 is 11.0 Å². The normalized spacial score (nSPS) is 11.2. The van der Waals surface area contributed by atoms with Gasteiger partial charge in [0, 0.05) is 30.5 Å². The standard InChI is InChI=1S/C16H18N4/c1-3-20-15-7-5-12(9-17)8-14(15)19-16(20)13-6-4-11(2)18-10-13/h4-8,10H,3,9,17H2,1-2H3. The fraction of sp³-hybridized carbons (Fsp3) is 0.250. The van der Waals surface area contributed by atoms with E-state index in [0.29, 0.717) is 6.54 Å². The van der Waals surface area contributed by atoms with Gasteiger partial charge in [-0.1, -0.05) is 6.07 Å². The summed E-state index contributed by atoms with van der Waals surface area (Å²) in [5, 5.41) is 0. The van der Waals surface area contributed by atoms with E-state index in [-0.39, 0.29) is 0 Å². The van der Waals surface area contributed by atoms with E-state index < -0.39 is 0 Å². The zero-order valence-corrected chi connectivity index (χ0v) is 11.8. The van der Waals surface area contributed by atoms with Gasteiger partial charge >= 0.3 is 0 Å². The minimum absolute atomic E-state index is 0.538. The molecular formula is C16H18N4. The Labute approximate surface area is 118 Å². The Balaban J connectivity index is 2.21. The molecule has 0 aliphatic heterocycles. The monoisotopic (exact) mass is 266 g/mol. The number of fused-ring (bicyclic) bond motifs is 1. The maximum absolute atomic E-state index is 5.70. The van der Waals surface area contributed by atoms with E-state index in [1.807, 2.05) is 19.2 Å². The third kappa shape index (κ3) is 2.08. The van der Waals surface area contributed by atoms with Crippen molar-refractivity contribution in [3.05, 3.63) is 47.8 Å². The van der Waals surface area contributed by atoms with Gasteiger partial charge in [0.15, 0.2) is 0 Å². The molecule has 4 heteroatoms. The fourth-order valence-electron chi connectivity index (χ4n) is 2.44. The summed E-state index contributed by atoms with van der Waals surface area (Å²) in [7, 11) is 0. The highest BCUT2D eigenvalue weighted by molar-refractivity contribution is 5.81. The lowest BCUT2D eigenvalue weighted by Gasteiger charge is -2.06. The van der Waals surface area contributed by atoms with Crippen LogP contribution in [0.25, 0.3) is 22.4 Å². The van der Waals surface area contributed by atoms with Crippen LogP contribution in [0.5, 0.6) is 0 Å². The third-order valence-electron chi connectivity index (χ3n) is 3.53. The number of benzene rings is 1. The summed E-state index contributed by atoms with van der Waals surface area (Å²) in [5.74, 6) is 0.962. The molecule has 3 aromatic rings. The van der Waals surface area contributed by atoms with E-state index in [0.717, 1.165) is 40.2 Å². The van der Waals surface area contributed by atoms with E-state index in [1.165, 1.54) is 0 Å². The van der Waals surface area contributed by atoms with Crippen molar-refractivity contribution in [2.45, 2.75) is 26.9 Å². The van der Waals surface area contributed by atoms with Gasteiger partial charge in [-0.25, -0.2) is 4.98 Å². The summed E-state index contributed by atoms with van der Waals surface area (Å²) in [5.41, 5.74) is 11.0. The maximum atomic E-state index is 5.70. The average molecular weight is 266 g/mol. The Hall–Kier alpha value is -2.20. The summed E-state index contributed by atoms with van der Waals surface area (Å²) in [6, 6.07) is 10.3. The number of nitrogens with zero attached hydrogens (tertiary/aromatic N) is 3. The predicted molar refractivity (Wildman–Crippen MR) is 81.3 cm³/mol. The lowest BCUT2D eigenvalue weighted by atomic mass is 10.2. The Morgan fingerprint density at radius 1 is 1.20 bits per heavy atom. The van der Waals surface area contributed by atoms with Crippen LogP contribution in [0.1, 0.15) is 18.2 Å². The van der Waals surface area contributed by atoms with Crippen molar-refractivity contribution in [2.24, 2.45) is 5.73 Å². The van der Waals surface area contributed by atoms with Crippen molar-refractivity contribution in [2.75, 3.05) is 0 Å². The van der Waals surface area contributed by atoms with Gasteiger partial charge < -0.3 is 10.3 Å². The van der Waals surface area contributed by atoms with Crippen LogP contribution in [0.4, 0.5) is 0 Å². The number of hydrogen-bond acceptors (Lipinski definition) is 3. The van der Waals surface area contributed by atoms with Crippen LogP contribution in [0.2, 0.25) is 0 Å². The Morgan fingerprint density at radius 2 is 2.05 bits per heavy atom. The Bertz CT molecular complexity index is 741. The summed E-state index contributed by atoms with van der Waals surface area (Å²) in [4.78, 5) is 9.12. The van der Waals surface area contributed by atoms with Crippen molar-refractivity contribution in [1.29, 1.82) is 0 Å². The van der Waals surface area contributed by atoms with Crippen molar-refractivity contribution in [1.82, 2.24) is 14.5 Å². The average Bonchev–Trinajstić information content (AvgIpc) is 2.85. The van der Waals surface area contributed by atoms with Gasteiger partial charge in [-0.2, -0.15) is 0 Å². The van der Waals surface area contributed by atoms with Gasteiger partial charge in [0.25, 0.3) is 0 Å². The Kier molecular flexibility index (Phi) is 3.24. The van der Waals surface area contributed by atoms with Gasteiger partial charge in [0.1, 0.15) is 5.82 Å². The van der Waals surface area contributed by atoms with E-state index in [2.05, 4.69) is 40.7 Å². The Morgan fingerprint density at radius 3 is 2.70 bits per heavy atom. The molecule has 20 heavy (non-hydrogen) atoms. The third-order valence-corrected chi connectivity index (χ3v) is 3.53. The molecule has 0 saturated heterocycles. The van der Waals surface area contributed by atoms with E-state index in [1.54, 1.807) is 0 Å². The number of hydrogen-bond donors (Lipinski definition) is 1. The molecule has 0 bridgehead atoms. The first-order chi connectivity index (χ1) is 9.72. The van der Waals surface area contributed by atoms with Gasteiger partial charge in [0.05, 0.1) is 11.0 Å². The predicted octanol–water partition coefficient (Wildman–Crippen LogP) is 2.89. The molecule has 0 fully saturated rings. The topological polar surface area (TPSA) is 56.7 Å². The second kappa shape index (κ2) is 5.06. The molecule has 102 valence electrons. The molecule has 0 atom stereocenters. The lowest BCUT2D eigenvalue weighted by Crippen LogP contribution is -1.98. The van der Waals surface area contributed by atoms with E-state index >= 15 is 0 Å². The first-order valence-electron chi connectivity index (χ1n) is 6.85. The van der Waals surface area contributed by atoms with Crippen LogP contribution in [0.3, 0.4) is 0 Å². The van der Waals surface area contributed by atoms with Gasteiger partial charge in [-0.15, -0.1) is 0 Å². The molecule has 0 spiro atoms. The summed E-state index contributed by atoms with van der Waals surface area (Å²) >= 11 is 0. The molecule has 0 aliphatic rings. The van der Waals surface area contributed by atoms with Crippen LogP contribution >= 0.6 is 0 Å². The molecule has 2 heterocycles. The quantitative estimate of drug-likeness (QED) is 0.793. The van der Waals surface area contributed by atoms with Crippen LogP contribution in [-0.2, 0) is 13.1 Å². The SMILES string of the molecule is CCn1c(-c2ccc(C)nc2)nc2cc(CN)ccc21. The molecule has 2 N–H and O–H groups in total. The second-order valence-electron chi connectivity index (χ2n) is 4.90. The van der Waals surface area contributed by atoms with Crippen LogP contribution < -0.4 is 5.73 Å². The van der Waals surface area contributed by atoms with E-state index in [9.17, 15) is 0 Å². The number of rotatable bonds is 3. The van der Waals surface area contributed by atoms with Gasteiger partial charge in [0.2, 0.25) is 0 Å². The second-order valence-corrected chi connectivity index (χ2v) is 4.90. The molecule has 4 nitrogen and oxygen atoms in total. The van der Waals surface area contributed by atoms with Crippen molar-refractivity contribution < 1.29 is 0 Å². The molecule has 0 saturated carbocycles. The lowest BCUT2D eigenvalue weighted by molar-refractivity contribution is 0.795. The summed E-state index contributed by atoms with van der Waals surface area (Å²) in [6.07, 6.45) is 1.88. The van der Waals surface area contributed by atoms with Crippen molar-refractivity contribution in [3.63, 3.8) is 0 Å². The zero-order valence-electron chi connectivity index (χ0n) is 11.8. The molecular weight excluding hydrogens is 248 g/mol. The summed E-state index contributed by atoms with van der Waals surface area (Å²) < 4.78 is 2.21. The summed E-state index contributed by atoms with van der Waals surface area (Å²) in [6.45, 7) is 5.53. The number of nitrogens with two attached hydrogens (primary N) is 1. The molecule has 1 aromatic carbocycles. The van der Waals surface area contributed by atoms with Crippen LogP contribution in [0.15, 0.2) is 36.5 Å². The zero-order chi connectivity index (χ0) is 14.1. The number of imidazole rings is 1. The molecule has 0 amide bonds. The highest BCUT2D eigenvalue weighted by Crippen LogP contribution is 2.25. The van der Waals surface area contributed by atoms with Crippen molar-refractivity contribution in [3.8, 4) is 11.4 Å². The number of aryl methyl sites for hydroxylation is 2.